The molecule has 0 spiro atoms. The van der Waals surface area contributed by atoms with Gasteiger partial charge in [-0.15, -0.1) is 0 Å². The lowest BCUT2D eigenvalue weighted by atomic mass is 9.80. The third-order valence-electron chi connectivity index (χ3n) is 2.93. The summed E-state index contributed by atoms with van der Waals surface area (Å²) in [6.45, 7) is 9.42. The molecule has 128 valence electrons. The number of carbonyl (C=O) groups excluding carboxylic acids is 3. The molecule has 0 saturated carbocycles. The first-order valence-electron chi connectivity index (χ1n) is 7.65. The van der Waals surface area contributed by atoms with Crippen LogP contribution in [-0.2, 0) is 28.6 Å². The van der Waals surface area contributed by atoms with Crippen molar-refractivity contribution < 1.29 is 28.6 Å². The van der Waals surface area contributed by atoms with Crippen molar-refractivity contribution in [2.75, 3.05) is 20.3 Å². The molecule has 0 aliphatic carbocycles. The molecule has 0 N–H and O–H groups in total. The highest BCUT2D eigenvalue weighted by Crippen LogP contribution is 2.32. The van der Waals surface area contributed by atoms with Crippen LogP contribution in [0, 0.1) is 17.3 Å². The van der Waals surface area contributed by atoms with Gasteiger partial charge in [-0.25, -0.2) is 0 Å². The van der Waals surface area contributed by atoms with Crippen LogP contribution in [0.2, 0.25) is 0 Å². The van der Waals surface area contributed by atoms with Gasteiger partial charge < -0.3 is 14.2 Å². The van der Waals surface area contributed by atoms with Crippen molar-refractivity contribution in [3.05, 3.63) is 0 Å². The van der Waals surface area contributed by atoms with E-state index in [1.807, 2.05) is 20.8 Å². The summed E-state index contributed by atoms with van der Waals surface area (Å²) in [5, 5.41) is 0. The van der Waals surface area contributed by atoms with Crippen molar-refractivity contribution >= 4 is 17.9 Å². The highest BCUT2D eigenvalue weighted by atomic mass is 16.6. The quantitative estimate of drug-likeness (QED) is 0.369. The van der Waals surface area contributed by atoms with Crippen LogP contribution in [0.25, 0.3) is 0 Å². The van der Waals surface area contributed by atoms with Crippen molar-refractivity contribution in [1.29, 1.82) is 0 Å². The van der Waals surface area contributed by atoms with Crippen molar-refractivity contribution in [2.24, 2.45) is 17.3 Å². The maximum absolute atomic E-state index is 12.5. The zero-order chi connectivity index (χ0) is 17.3. The zero-order valence-electron chi connectivity index (χ0n) is 14.4. The zero-order valence-corrected chi connectivity index (χ0v) is 14.4. The molecular formula is C16H28O6. The lowest BCUT2D eigenvalue weighted by molar-refractivity contribution is -0.185. The molecule has 0 heterocycles. The van der Waals surface area contributed by atoms with Crippen molar-refractivity contribution in [1.82, 2.24) is 0 Å². The second-order valence-electron chi connectivity index (χ2n) is 6.12. The minimum atomic E-state index is -2.05. The molecule has 0 rings (SSSR count). The molecular weight excluding hydrogens is 288 g/mol. The third-order valence-corrected chi connectivity index (χ3v) is 2.93. The molecule has 0 aliphatic rings. The molecule has 0 fully saturated rings. The third kappa shape index (κ3) is 5.31. The number of ether oxygens (including phenoxy) is 3. The van der Waals surface area contributed by atoms with Gasteiger partial charge in [-0.2, -0.15) is 0 Å². The first kappa shape index (κ1) is 20.4. The molecule has 1 atom stereocenters. The molecule has 0 saturated heterocycles. The fraction of sp³-hybridized carbons (Fsp3) is 0.812. The van der Waals surface area contributed by atoms with Gasteiger partial charge in [0.15, 0.2) is 0 Å². The molecule has 0 radical (unpaired) electrons. The molecule has 6 nitrogen and oxygen atoms in total. The van der Waals surface area contributed by atoms with E-state index in [4.69, 9.17) is 14.2 Å². The molecule has 0 amide bonds. The van der Waals surface area contributed by atoms with Gasteiger partial charge in [0.2, 0.25) is 0 Å². The normalized spacial score (nSPS) is 13.6. The van der Waals surface area contributed by atoms with Crippen LogP contribution in [0.3, 0.4) is 0 Å². The lowest BCUT2D eigenvalue weighted by Gasteiger charge is -2.28. The van der Waals surface area contributed by atoms with Gasteiger partial charge in [-0.1, -0.05) is 34.6 Å². The first-order chi connectivity index (χ1) is 10.2. The summed E-state index contributed by atoms with van der Waals surface area (Å²) in [5.41, 5.74) is -2.05. The predicted molar refractivity (Wildman–Crippen MR) is 81.0 cm³/mol. The molecule has 0 aromatic heterocycles. The molecule has 0 aromatic carbocycles. The average molecular weight is 316 g/mol. The van der Waals surface area contributed by atoms with Crippen LogP contribution in [0.15, 0.2) is 0 Å². The van der Waals surface area contributed by atoms with E-state index in [1.54, 1.807) is 13.8 Å². The number of hydrogen-bond acceptors (Lipinski definition) is 6. The summed E-state index contributed by atoms with van der Waals surface area (Å²) in [7, 11) is 1.14. The standard InChI is InChI=1S/C16H28O6/c1-7-8-21-14(18)16(9-11(2)3,13(17)20-6)15(19)22-10-12(4)5/h11-12H,7-10H2,1-6H3. The SMILES string of the molecule is CCCOC(=O)C(CC(C)C)(C(=O)OC)C(=O)OCC(C)C. The summed E-state index contributed by atoms with van der Waals surface area (Å²) in [6, 6.07) is 0. The Morgan fingerprint density at radius 1 is 0.909 bits per heavy atom. The van der Waals surface area contributed by atoms with Gasteiger partial charge in [0.25, 0.3) is 5.41 Å². The van der Waals surface area contributed by atoms with E-state index in [-0.39, 0.29) is 31.5 Å². The second kappa shape index (κ2) is 9.43. The van der Waals surface area contributed by atoms with Gasteiger partial charge in [0.1, 0.15) is 0 Å². The van der Waals surface area contributed by atoms with E-state index in [1.165, 1.54) is 0 Å². The monoisotopic (exact) mass is 316 g/mol. The summed E-state index contributed by atoms with van der Waals surface area (Å²) < 4.78 is 14.9. The maximum Gasteiger partial charge on any atom is 0.335 e. The van der Waals surface area contributed by atoms with Crippen LogP contribution in [0.4, 0.5) is 0 Å². The first-order valence-corrected chi connectivity index (χ1v) is 7.65. The van der Waals surface area contributed by atoms with E-state index in [0.29, 0.717) is 6.42 Å². The van der Waals surface area contributed by atoms with Crippen molar-refractivity contribution in [3.8, 4) is 0 Å². The fourth-order valence-electron chi connectivity index (χ4n) is 1.97. The largest absolute Gasteiger partial charge is 0.468 e. The smallest absolute Gasteiger partial charge is 0.335 e. The Morgan fingerprint density at radius 3 is 1.86 bits per heavy atom. The van der Waals surface area contributed by atoms with Gasteiger partial charge in [-0.3, -0.25) is 14.4 Å². The molecule has 22 heavy (non-hydrogen) atoms. The van der Waals surface area contributed by atoms with Crippen LogP contribution in [0.5, 0.6) is 0 Å². The Bertz CT molecular complexity index is 388. The van der Waals surface area contributed by atoms with E-state index >= 15 is 0 Å². The molecule has 1 unspecified atom stereocenters. The highest BCUT2D eigenvalue weighted by Gasteiger charge is 2.57. The molecule has 0 bridgehead atoms. The molecule has 6 heteroatoms. The predicted octanol–water partition coefficient (Wildman–Crippen LogP) is 2.34. The Hall–Kier alpha value is -1.59. The molecule has 0 aliphatic heterocycles. The van der Waals surface area contributed by atoms with Crippen molar-refractivity contribution in [3.63, 3.8) is 0 Å². The van der Waals surface area contributed by atoms with E-state index < -0.39 is 23.3 Å². The molecule has 0 aromatic rings. The summed E-state index contributed by atoms with van der Waals surface area (Å²) >= 11 is 0. The topological polar surface area (TPSA) is 78.9 Å². The number of hydrogen-bond donors (Lipinski definition) is 0. The average Bonchev–Trinajstić information content (AvgIpc) is 2.46. The maximum atomic E-state index is 12.5. The van der Waals surface area contributed by atoms with Crippen LogP contribution < -0.4 is 0 Å². The summed E-state index contributed by atoms with van der Waals surface area (Å²) in [6.07, 6.45) is 0.574. The number of carbonyl (C=O) groups is 3. The number of rotatable bonds is 9. The lowest BCUT2D eigenvalue weighted by Crippen LogP contribution is -2.50. The van der Waals surface area contributed by atoms with Crippen molar-refractivity contribution in [2.45, 2.75) is 47.5 Å². The minimum Gasteiger partial charge on any atom is -0.468 e. The highest BCUT2D eigenvalue weighted by molar-refractivity contribution is 6.17. The minimum absolute atomic E-state index is 0.0147. The Kier molecular flexibility index (Phi) is 8.75. The van der Waals surface area contributed by atoms with Gasteiger partial charge in [-0.05, 0) is 24.7 Å². The Morgan fingerprint density at radius 2 is 1.45 bits per heavy atom. The van der Waals surface area contributed by atoms with E-state index in [0.717, 1.165) is 7.11 Å². The Labute approximate surface area is 132 Å². The van der Waals surface area contributed by atoms with Crippen LogP contribution in [0.1, 0.15) is 47.5 Å². The van der Waals surface area contributed by atoms with E-state index in [2.05, 4.69) is 0 Å². The number of methoxy groups -OCH3 is 1. The van der Waals surface area contributed by atoms with Crippen LogP contribution in [-0.4, -0.2) is 38.2 Å². The van der Waals surface area contributed by atoms with Crippen LogP contribution >= 0.6 is 0 Å². The second-order valence-corrected chi connectivity index (χ2v) is 6.12. The fourth-order valence-corrected chi connectivity index (χ4v) is 1.97. The summed E-state index contributed by atoms with van der Waals surface area (Å²) in [4.78, 5) is 37.1. The van der Waals surface area contributed by atoms with Gasteiger partial charge in [0, 0.05) is 0 Å². The number of esters is 3. The van der Waals surface area contributed by atoms with Gasteiger partial charge in [0.05, 0.1) is 20.3 Å². The summed E-state index contributed by atoms with van der Waals surface area (Å²) in [5.74, 6) is -2.74. The Balaban J connectivity index is 5.58. The van der Waals surface area contributed by atoms with Gasteiger partial charge >= 0.3 is 17.9 Å². The van der Waals surface area contributed by atoms with E-state index in [9.17, 15) is 14.4 Å².